The van der Waals surface area contributed by atoms with Gasteiger partial charge in [0.25, 0.3) is 0 Å². The summed E-state index contributed by atoms with van der Waals surface area (Å²) >= 11 is 0. The highest BCUT2D eigenvalue weighted by Crippen LogP contribution is 2.37. The number of rotatable bonds is 2. The van der Waals surface area contributed by atoms with Gasteiger partial charge in [0.05, 0.1) is 11.8 Å². The van der Waals surface area contributed by atoms with Crippen molar-refractivity contribution in [3.63, 3.8) is 0 Å². The molecule has 4 nitrogen and oxygen atoms in total. The van der Waals surface area contributed by atoms with E-state index in [-0.39, 0.29) is 0 Å². The summed E-state index contributed by atoms with van der Waals surface area (Å²) < 4.78 is 7.06. The van der Waals surface area contributed by atoms with Gasteiger partial charge in [-0.15, -0.1) is 0 Å². The highest BCUT2D eigenvalue weighted by atomic mass is 16.5. The Bertz CT molecular complexity index is 327. The third kappa shape index (κ3) is 1.92. The molecule has 0 bridgehead atoms. The summed E-state index contributed by atoms with van der Waals surface area (Å²) in [6, 6.07) is 1.90. The van der Waals surface area contributed by atoms with Gasteiger partial charge in [-0.1, -0.05) is 0 Å². The molecule has 1 saturated carbocycles. The lowest BCUT2D eigenvalue weighted by Crippen LogP contribution is -2.35. The molecule has 0 saturated heterocycles. The minimum atomic E-state index is -0.708. The van der Waals surface area contributed by atoms with Crippen molar-refractivity contribution in [3.05, 3.63) is 18.0 Å². The molecule has 0 atom stereocenters. The number of hydrogen-bond donors (Lipinski definition) is 1. The standard InChI is InChI=1S/C11H18N2O2/c1-13-10(5-8-12-13)11(14)6-3-9(15-2)4-7-11/h5,8-9,14H,3-4,6-7H2,1-2H3. The Balaban J connectivity index is 2.13. The van der Waals surface area contributed by atoms with E-state index in [9.17, 15) is 5.11 Å². The van der Waals surface area contributed by atoms with E-state index in [1.165, 1.54) is 0 Å². The van der Waals surface area contributed by atoms with E-state index in [1.54, 1.807) is 18.0 Å². The zero-order valence-electron chi connectivity index (χ0n) is 9.31. The predicted molar refractivity (Wildman–Crippen MR) is 56.4 cm³/mol. The van der Waals surface area contributed by atoms with Gasteiger partial charge in [0.1, 0.15) is 5.60 Å². The van der Waals surface area contributed by atoms with Gasteiger partial charge in [0, 0.05) is 20.4 Å². The number of hydrogen-bond acceptors (Lipinski definition) is 3. The lowest BCUT2D eigenvalue weighted by Gasteiger charge is -2.35. The average Bonchev–Trinajstić information content (AvgIpc) is 2.66. The molecule has 2 rings (SSSR count). The topological polar surface area (TPSA) is 47.3 Å². The molecule has 1 fully saturated rings. The minimum Gasteiger partial charge on any atom is -0.384 e. The third-order valence-electron chi connectivity index (χ3n) is 3.39. The first kappa shape index (κ1) is 10.6. The SMILES string of the molecule is COC1CCC(O)(c2ccnn2C)CC1. The second kappa shape index (κ2) is 3.94. The summed E-state index contributed by atoms with van der Waals surface area (Å²) in [5.74, 6) is 0. The molecule has 0 aliphatic heterocycles. The van der Waals surface area contributed by atoms with Gasteiger partial charge in [-0.3, -0.25) is 4.68 Å². The van der Waals surface area contributed by atoms with Gasteiger partial charge >= 0.3 is 0 Å². The molecule has 84 valence electrons. The van der Waals surface area contributed by atoms with E-state index in [0.717, 1.165) is 31.4 Å². The van der Waals surface area contributed by atoms with E-state index in [1.807, 2.05) is 13.1 Å². The van der Waals surface area contributed by atoms with E-state index in [0.29, 0.717) is 6.10 Å². The van der Waals surface area contributed by atoms with Crippen LogP contribution in [0, 0.1) is 0 Å². The Hall–Kier alpha value is -0.870. The molecular formula is C11H18N2O2. The van der Waals surface area contributed by atoms with Gasteiger partial charge in [-0.25, -0.2) is 0 Å². The maximum absolute atomic E-state index is 10.5. The number of aliphatic hydroxyl groups is 1. The van der Waals surface area contributed by atoms with Crippen molar-refractivity contribution in [3.8, 4) is 0 Å². The highest BCUT2D eigenvalue weighted by molar-refractivity contribution is 5.12. The van der Waals surface area contributed by atoms with Gasteiger partial charge in [0.2, 0.25) is 0 Å². The molecule has 1 aliphatic carbocycles. The molecule has 15 heavy (non-hydrogen) atoms. The number of aryl methyl sites for hydroxylation is 1. The second-order valence-electron chi connectivity index (χ2n) is 4.31. The Morgan fingerprint density at radius 2 is 2.20 bits per heavy atom. The van der Waals surface area contributed by atoms with Crippen LogP contribution in [0.15, 0.2) is 12.3 Å². The molecule has 0 amide bonds. The fraction of sp³-hybridized carbons (Fsp3) is 0.727. The summed E-state index contributed by atoms with van der Waals surface area (Å²) in [7, 11) is 3.61. The number of aromatic nitrogens is 2. The van der Waals surface area contributed by atoms with Crippen molar-refractivity contribution in [2.24, 2.45) is 7.05 Å². The van der Waals surface area contributed by atoms with Gasteiger partial charge in [0.15, 0.2) is 0 Å². The molecular weight excluding hydrogens is 192 g/mol. The summed E-state index contributed by atoms with van der Waals surface area (Å²) in [5, 5.41) is 14.6. The second-order valence-corrected chi connectivity index (χ2v) is 4.31. The van der Waals surface area contributed by atoms with Crippen LogP contribution in [0.4, 0.5) is 0 Å². The van der Waals surface area contributed by atoms with Crippen molar-refractivity contribution in [2.45, 2.75) is 37.4 Å². The fourth-order valence-corrected chi connectivity index (χ4v) is 2.39. The zero-order valence-corrected chi connectivity index (χ0v) is 9.31. The maximum Gasteiger partial charge on any atom is 0.106 e. The Kier molecular flexibility index (Phi) is 2.80. The number of ether oxygens (including phenoxy) is 1. The van der Waals surface area contributed by atoms with Crippen molar-refractivity contribution in [1.82, 2.24) is 9.78 Å². The van der Waals surface area contributed by atoms with Crippen LogP contribution in [0.5, 0.6) is 0 Å². The van der Waals surface area contributed by atoms with Crippen molar-refractivity contribution >= 4 is 0 Å². The quantitative estimate of drug-likeness (QED) is 0.797. The summed E-state index contributed by atoms with van der Waals surface area (Å²) in [4.78, 5) is 0. The molecule has 1 N–H and O–H groups in total. The lowest BCUT2D eigenvalue weighted by atomic mass is 9.81. The lowest BCUT2D eigenvalue weighted by molar-refractivity contribution is -0.0521. The molecule has 0 unspecified atom stereocenters. The maximum atomic E-state index is 10.5. The van der Waals surface area contributed by atoms with E-state index >= 15 is 0 Å². The smallest absolute Gasteiger partial charge is 0.106 e. The Labute approximate surface area is 89.9 Å². The van der Waals surface area contributed by atoms with Crippen LogP contribution >= 0.6 is 0 Å². The predicted octanol–water partition coefficient (Wildman–Crippen LogP) is 1.20. The molecule has 1 aliphatic rings. The van der Waals surface area contributed by atoms with Crippen LogP contribution in [0.25, 0.3) is 0 Å². The van der Waals surface area contributed by atoms with Gasteiger partial charge in [-0.05, 0) is 31.7 Å². The van der Waals surface area contributed by atoms with Crippen molar-refractivity contribution in [2.75, 3.05) is 7.11 Å². The Morgan fingerprint density at radius 1 is 1.53 bits per heavy atom. The van der Waals surface area contributed by atoms with Crippen LogP contribution in [0.1, 0.15) is 31.4 Å². The normalized spacial score (nSPS) is 31.8. The average molecular weight is 210 g/mol. The largest absolute Gasteiger partial charge is 0.384 e. The molecule has 1 heterocycles. The Morgan fingerprint density at radius 3 is 2.67 bits per heavy atom. The summed E-state index contributed by atoms with van der Waals surface area (Å²) in [6.07, 6.45) is 5.38. The van der Waals surface area contributed by atoms with Crippen LogP contribution < -0.4 is 0 Å². The molecule has 0 spiro atoms. The number of nitrogens with zero attached hydrogens (tertiary/aromatic N) is 2. The van der Waals surface area contributed by atoms with Gasteiger partial charge < -0.3 is 9.84 Å². The first-order chi connectivity index (χ1) is 7.15. The van der Waals surface area contributed by atoms with Crippen molar-refractivity contribution < 1.29 is 9.84 Å². The first-order valence-electron chi connectivity index (χ1n) is 5.39. The fourth-order valence-electron chi connectivity index (χ4n) is 2.39. The number of methoxy groups -OCH3 is 1. The van der Waals surface area contributed by atoms with E-state index in [2.05, 4.69) is 5.10 Å². The molecule has 4 heteroatoms. The first-order valence-corrected chi connectivity index (χ1v) is 5.39. The summed E-state index contributed by atoms with van der Waals surface area (Å²) in [6.45, 7) is 0. The summed E-state index contributed by atoms with van der Waals surface area (Å²) in [5.41, 5.74) is 0.206. The van der Waals surface area contributed by atoms with Crippen LogP contribution in [0.2, 0.25) is 0 Å². The highest BCUT2D eigenvalue weighted by Gasteiger charge is 2.36. The monoisotopic (exact) mass is 210 g/mol. The molecule has 1 aromatic rings. The van der Waals surface area contributed by atoms with Crippen LogP contribution in [-0.4, -0.2) is 28.1 Å². The third-order valence-corrected chi connectivity index (χ3v) is 3.39. The molecule has 1 aromatic heterocycles. The molecule has 0 radical (unpaired) electrons. The van der Waals surface area contributed by atoms with E-state index in [4.69, 9.17) is 4.74 Å². The van der Waals surface area contributed by atoms with Crippen LogP contribution in [-0.2, 0) is 17.4 Å². The van der Waals surface area contributed by atoms with Crippen molar-refractivity contribution in [1.29, 1.82) is 0 Å². The molecule has 0 aromatic carbocycles. The zero-order chi connectivity index (χ0) is 10.9. The minimum absolute atomic E-state index is 0.304. The van der Waals surface area contributed by atoms with E-state index < -0.39 is 5.60 Å². The van der Waals surface area contributed by atoms with Gasteiger partial charge in [-0.2, -0.15) is 5.10 Å². The van der Waals surface area contributed by atoms with Crippen LogP contribution in [0.3, 0.4) is 0 Å².